The van der Waals surface area contributed by atoms with Crippen molar-refractivity contribution < 1.29 is 0 Å². The van der Waals surface area contributed by atoms with Gasteiger partial charge >= 0.3 is 0 Å². The van der Waals surface area contributed by atoms with Crippen LogP contribution in [0.25, 0.3) is 0 Å². The largest absolute Gasteiger partial charge is 0.351 e. The Balaban J connectivity index is 2.00. The van der Waals surface area contributed by atoms with Gasteiger partial charge in [0.2, 0.25) is 5.95 Å². The molecule has 0 radical (unpaired) electrons. The molecule has 2 unspecified atom stereocenters. The van der Waals surface area contributed by atoms with E-state index >= 15 is 0 Å². The maximum atomic E-state index is 8.80. The topological polar surface area (TPSA) is 61.6 Å². The second kappa shape index (κ2) is 4.48. The van der Waals surface area contributed by atoms with Crippen LogP contribution in [-0.4, -0.2) is 16.0 Å². The van der Waals surface area contributed by atoms with Crippen molar-refractivity contribution in [2.45, 2.75) is 39.2 Å². The molecule has 1 aromatic rings. The molecule has 1 aromatic heterocycles. The molecule has 1 aliphatic carbocycles. The van der Waals surface area contributed by atoms with Gasteiger partial charge in [-0.3, -0.25) is 0 Å². The van der Waals surface area contributed by atoms with Gasteiger partial charge in [0.15, 0.2) is 0 Å². The van der Waals surface area contributed by atoms with E-state index in [1.54, 1.807) is 6.07 Å². The maximum absolute atomic E-state index is 8.80. The minimum Gasteiger partial charge on any atom is -0.351 e. The standard InChI is InChI=1S/C12H16N4/c1-3-4-9-6-11(9)16-12-14-8(2)5-10(7-13)15-12/h5,9,11H,3-4,6H2,1-2H3,(H,14,15,16). The summed E-state index contributed by atoms with van der Waals surface area (Å²) >= 11 is 0. The van der Waals surface area contributed by atoms with E-state index in [1.807, 2.05) is 13.0 Å². The fraction of sp³-hybridized carbons (Fsp3) is 0.583. The zero-order chi connectivity index (χ0) is 11.5. The molecule has 0 spiro atoms. The smallest absolute Gasteiger partial charge is 0.224 e. The number of hydrogen-bond acceptors (Lipinski definition) is 4. The van der Waals surface area contributed by atoms with Crippen LogP contribution in [0.3, 0.4) is 0 Å². The Hall–Kier alpha value is -1.63. The molecule has 84 valence electrons. The van der Waals surface area contributed by atoms with Crippen molar-refractivity contribution >= 4 is 5.95 Å². The number of rotatable bonds is 4. The van der Waals surface area contributed by atoms with Crippen LogP contribution in [0.4, 0.5) is 5.95 Å². The van der Waals surface area contributed by atoms with Gasteiger partial charge in [0.1, 0.15) is 11.8 Å². The Kier molecular flexibility index (Phi) is 3.04. The summed E-state index contributed by atoms with van der Waals surface area (Å²) in [6.07, 6.45) is 3.68. The first-order valence-corrected chi connectivity index (χ1v) is 5.75. The van der Waals surface area contributed by atoms with E-state index in [2.05, 4.69) is 22.2 Å². The molecular formula is C12H16N4. The van der Waals surface area contributed by atoms with Crippen LogP contribution >= 0.6 is 0 Å². The fourth-order valence-electron chi connectivity index (χ4n) is 1.97. The van der Waals surface area contributed by atoms with Crippen molar-refractivity contribution in [2.75, 3.05) is 5.32 Å². The molecule has 4 heteroatoms. The lowest BCUT2D eigenvalue weighted by Crippen LogP contribution is -2.09. The van der Waals surface area contributed by atoms with Gasteiger partial charge in [-0.15, -0.1) is 0 Å². The Bertz CT molecular complexity index is 422. The minimum atomic E-state index is 0.433. The second-order valence-corrected chi connectivity index (χ2v) is 4.37. The van der Waals surface area contributed by atoms with Gasteiger partial charge in [0, 0.05) is 11.7 Å². The number of aromatic nitrogens is 2. The molecule has 0 bridgehead atoms. The molecule has 1 aliphatic rings. The van der Waals surface area contributed by atoms with Crippen molar-refractivity contribution in [3.8, 4) is 6.07 Å². The average Bonchev–Trinajstić information content (AvgIpc) is 2.96. The summed E-state index contributed by atoms with van der Waals surface area (Å²) in [7, 11) is 0. The van der Waals surface area contributed by atoms with Gasteiger partial charge in [0.25, 0.3) is 0 Å². The highest BCUT2D eigenvalue weighted by molar-refractivity contribution is 5.35. The van der Waals surface area contributed by atoms with Crippen LogP contribution in [0, 0.1) is 24.2 Å². The SMILES string of the molecule is CCCC1CC1Nc1nc(C)cc(C#N)n1. The zero-order valence-corrected chi connectivity index (χ0v) is 9.70. The number of nitrogens with zero attached hydrogens (tertiary/aromatic N) is 3. The molecule has 4 nitrogen and oxygen atoms in total. The lowest BCUT2D eigenvalue weighted by Gasteiger charge is -2.04. The minimum absolute atomic E-state index is 0.433. The summed E-state index contributed by atoms with van der Waals surface area (Å²) in [4.78, 5) is 8.43. The number of anilines is 1. The molecule has 2 atom stereocenters. The lowest BCUT2D eigenvalue weighted by atomic mass is 10.2. The third kappa shape index (κ3) is 2.48. The predicted octanol–water partition coefficient (Wildman–Crippen LogP) is 2.26. The molecule has 0 amide bonds. The highest BCUT2D eigenvalue weighted by Gasteiger charge is 2.36. The predicted molar refractivity (Wildman–Crippen MR) is 61.9 cm³/mol. The van der Waals surface area contributed by atoms with Crippen molar-refractivity contribution in [3.63, 3.8) is 0 Å². The van der Waals surface area contributed by atoms with Crippen LogP contribution in [0.5, 0.6) is 0 Å². The number of aryl methyl sites for hydroxylation is 1. The first kappa shape index (κ1) is 10.9. The third-order valence-corrected chi connectivity index (χ3v) is 2.87. The van der Waals surface area contributed by atoms with Crippen LogP contribution in [-0.2, 0) is 0 Å². The molecule has 0 saturated heterocycles. The van der Waals surface area contributed by atoms with Gasteiger partial charge in [-0.05, 0) is 31.7 Å². The molecule has 1 saturated carbocycles. The summed E-state index contributed by atoms with van der Waals surface area (Å²) in [6.45, 7) is 4.08. The van der Waals surface area contributed by atoms with Gasteiger partial charge in [0.05, 0.1) is 0 Å². The van der Waals surface area contributed by atoms with Crippen molar-refractivity contribution in [1.29, 1.82) is 5.26 Å². The third-order valence-electron chi connectivity index (χ3n) is 2.87. The van der Waals surface area contributed by atoms with Crippen LogP contribution in [0.1, 0.15) is 37.6 Å². The molecule has 2 rings (SSSR count). The van der Waals surface area contributed by atoms with E-state index in [4.69, 9.17) is 5.26 Å². The Morgan fingerprint density at radius 1 is 1.56 bits per heavy atom. The number of nitriles is 1. The Morgan fingerprint density at radius 2 is 2.38 bits per heavy atom. The van der Waals surface area contributed by atoms with Crippen LogP contribution in [0.15, 0.2) is 6.07 Å². The van der Waals surface area contributed by atoms with Crippen LogP contribution in [0.2, 0.25) is 0 Å². The Labute approximate surface area is 95.7 Å². The fourth-order valence-corrected chi connectivity index (χ4v) is 1.97. The van der Waals surface area contributed by atoms with E-state index in [0.717, 1.165) is 11.6 Å². The van der Waals surface area contributed by atoms with E-state index in [9.17, 15) is 0 Å². The van der Waals surface area contributed by atoms with E-state index < -0.39 is 0 Å². The number of hydrogen-bond donors (Lipinski definition) is 1. The summed E-state index contributed by atoms with van der Waals surface area (Å²) < 4.78 is 0. The van der Waals surface area contributed by atoms with Gasteiger partial charge < -0.3 is 5.32 Å². The first-order chi connectivity index (χ1) is 7.72. The highest BCUT2D eigenvalue weighted by atomic mass is 15.1. The van der Waals surface area contributed by atoms with E-state index in [0.29, 0.717) is 17.7 Å². The normalized spacial score (nSPS) is 22.6. The van der Waals surface area contributed by atoms with Crippen molar-refractivity contribution in [3.05, 3.63) is 17.5 Å². The molecule has 16 heavy (non-hydrogen) atoms. The average molecular weight is 216 g/mol. The highest BCUT2D eigenvalue weighted by Crippen LogP contribution is 2.36. The van der Waals surface area contributed by atoms with Crippen molar-refractivity contribution in [2.24, 2.45) is 5.92 Å². The summed E-state index contributed by atoms with van der Waals surface area (Å²) in [5, 5.41) is 12.1. The molecule has 0 aromatic carbocycles. The van der Waals surface area contributed by atoms with Crippen LogP contribution < -0.4 is 5.32 Å². The van der Waals surface area contributed by atoms with E-state index in [-0.39, 0.29) is 0 Å². The van der Waals surface area contributed by atoms with E-state index in [1.165, 1.54) is 19.3 Å². The van der Waals surface area contributed by atoms with Crippen molar-refractivity contribution in [1.82, 2.24) is 9.97 Å². The maximum Gasteiger partial charge on any atom is 0.224 e. The summed E-state index contributed by atoms with van der Waals surface area (Å²) in [5.41, 5.74) is 1.27. The quantitative estimate of drug-likeness (QED) is 0.838. The summed E-state index contributed by atoms with van der Waals surface area (Å²) in [6, 6.07) is 4.25. The molecule has 1 N–H and O–H groups in total. The molecule has 1 heterocycles. The van der Waals surface area contributed by atoms with Gasteiger partial charge in [-0.1, -0.05) is 13.3 Å². The lowest BCUT2D eigenvalue weighted by molar-refractivity contribution is 0.691. The number of nitrogens with one attached hydrogen (secondary N) is 1. The van der Waals surface area contributed by atoms with Gasteiger partial charge in [-0.25, -0.2) is 9.97 Å². The monoisotopic (exact) mass is 216 g/mol. The molecule has 1 fully saturated rings. The van der Waals surface area contributed by atoms with Gasteiger partial charge in [-0.2, -0.15) is 5.26 Å². The molecular weight excluding hydrogens is 200 g/mol. The Morgan fingerprint density at radius 3 is 3.06 bits per heavy atom. The molecule has 0 aliphatic heterocycles. The second-order valence-electron chi connectivity index (χ2n) is 4.37. The zero-order valence-electron chi connectivity index (χ0n) is 9.70. The first-order valence-electron chi connectivity index (χ1n) is 5.75. The summed E-state index contributed by atoms with van der Waals surface area (Å²) in [5.74, 6) is 1.36.